The highest BCUT2D eigenvalue weighted by atomic mass is 16.6. The first-order valence-electron chi connectivity index (χ1n) is 11.3. The molecule has 0 aliphatic carbocycles. The summed E-state index contributed by atoms with van der Waals surface area (Å²) in [4.78, 5) is 24.3. The third-order valence-electron chi connectivity index (χ3n) is 5.17. The molecule has 0 unspecified atom stereocenters. The van der Waals surface area contributed by atoms with Crippen molar-refractivity contribution in [2.45, 2.75) is 65.8 Å². The van der Waals surface area contributed by atoms with E-state index in [1.165, 1.54) is 31.4 Å². The minimum absolute atomic E-state index is 0.0661. The van der Waals surface area contributed by atoms with Gasteiger partial charge in [0.1, 0.15) is 13.2 Å². The molecule has 1 heterocycles. The van der Waals surface area contributed by atoms with Gasteiger partial charge in [-0.1, -0.05) is 57.3 Å². The molecule has 0 fully saturated rings. The summed E-state index contributed by atoms with van der Waals surface area (Å²) in [5, 5.41) is 12.0. The van der Waals surface area contributed by atoms with Gasteiger partial charge in [0, 0.05) is 24.1 Å². The lowest BCUT2D eigenvalue weighted by molar-refractivity contribution is -0.384. The van der Waals surface area contributed by atoms with E-state index in [0.29, 0.717) is 23.2 Å². The zero-order valence-electron chi connectivity index (χ0n) is 19.4. The lowest BCUT2D eigenvalue weighted by Crippen LogP contribution is -2.24. The van der Waals surface area contributed by atoms with E-state index in [9.17, 15) is 14.9 Å². The standard InChI is InChI=1S/C25H34N2O5/c1-5-7-8-9-10-11-15-26-22-18-20(27(29)30)12-13-21(22)23(32-17-14-19(3)4)24(25(26)28)31-16-6-2/h6,12-14,18H,2,5,7-11,15-17H2,1,3-4H3. The number of non-ortho nitro benzene ring substituents is 1. The lowest BCUT2D eigenvalue weighted by Gasteiger charge is -2.18. The summed E-state index contributed by atoms with van der Waals surface area (Å²) in [5.41, 5.74) is 1.15. The Morgan fingerprint density at radius 1 is 1.09 bits per heavy atom. The third-order valence-corrected chi connectivity index (χ3v) is 5.17. The highest BCUT2D eigenvalue weighted by Crippen LogP contribution is 2.35. The number of aryl methyl sites for hydroxylation is 1. The number of unbranched alkanes of at least 4 members (excludes halogenated alkanes) is 5. The number of nitro benzene ring substituents is 1. The van der Waals surface area contributed by atoms with Gasteiger partial charge in [-0.3, -0.25) is 14.9 Å². The fourth-order valence-electron chi connectivity index (χ4n) is 3.48. The maximum atomic E-state index is 13.4. The number of hydrogen-bond donors (Lipinski definition) is 0. The van der Waals surface area contributed by atoms with Crippen LogP contribution < -0.4 is 15.0 Å². The molecule has 0 radical (unpaired) electrons. The molecule has 0 saturated heterocycles. The molecular formula is C25H34N2O5. The summed E-state index contributed by atoms with van der Waals surface area (Å²) < 4.78 is 13.3. The molecular weight excluding hydrogens is 408 g/mol. The topological polar surface area (TPSA) is 83.6 Å². The van der Waals surface area contributed by atoms with Crippen LogP contribution >= 0.6 is 0 Å². The number of rotatable bonds is 14. The number of aromatic nitrogens is 1. The van der Waals surface area contributed by atoms with Crippen LogP contribution in [0, 0.1) is 10.1 Å². The van der Waals surface area contributed by atoms with E-state index in [1.807, 2.05) is 19.9 Å². The highest BCUT2D eigenvalue weighted by molar-refractivity contribution is 5.89. The first-order chi connectivity index (χ1) is 15.4. The fraction of sp³-hybridized carbons (Fsp3) is 0.480. The highest BCUT2D eigenvalue weighted by Gasteiger charge is 2.21. The minimum atomic E-state index is -0.454. The second-order valence-electron chi connectivity index (χ2n) is 8.03. The van der Waals surface area contributed by atoms with Gasteiger partial charge in [-0.15, -0.1) is 0 Å². The van der Waals surface area contributed by atoms with Gasteiger partial charge < -0.3 is 14.0 Å². The predicted molar refractivity (Wildman–Crippen MR) is 129 cm³/mol. The van der Waals surface area contributed by atoms with Gasteiger partial charge in [-0.2, -0.15) is 0 Å². The molecule has 0 aliphatic heterocycles. The fourth-order valence-corrected chi connectivity index (χ4v) is 3.48. The van der Waals surface area contributed by atoms with E-state index in [4.69, 9.17) is 9.47 Å². The zero-order valence-corrected chi connectivity index (χ0v) is 19.4. The molecule has 0 aliphatic rings. The van der Waals surface area contributed by atoms with Gasteiger partial charge in [0.05, 0.1) is 10.4 Å². The average molecular weight is 443 g/mol. The molecule has 7 nitrogen and oxygen atoms in total. The van der Waals surface area contributed by atoms with Crippen molar-refractivity contribution in [3.05, 3.63) is 63.0 Å². The number of allylic oxidation sites excluding steroid dienone is 1. The summed E-state index contributed by atoms with van der Waals surface area (Å²) in [6.07, 6.45) is 9.91. The second kappa shape index (κ2) is 12.7. The normalized spacial score (nSPS) is 10.7. The van der Waals surface area contributed by atoms with E-state index in [0.717, 1.165) is 24.8 Å². The van der Waals surface area contributed by atoms with Crippen molar-refractivity contribution in [2.24, 2.45) is 0 Å². The monoisotopic (exact) mass is 442 g/mol. The summed E-state index contributed by atoms with van der Waals surface area (Å²) in [7, 11) is 0. The van der Waals surface area contributed by atoms with Gasteiger partial charge >= 0.3 is 0 Å². The Labute approximate surface area is 189 Å². The molecule has 1 aromatic carbocycles. The number of nitrogens with zero attached hydrogens (tertiary/aromatic N) is 2. The van der Waals surface area contributed by atoms with Crippen molar-refractivity contribution in [2.75, 3.05) is 13.2 Å². The van der Waals surface area contributed by atoms with Crippen molar-refractivity contribution in [1.82, 2.24) is 4.57 Å². The molecule has 32 heavy (non-hydrogen) atoms. The number of nitro groups is 1. The molecule has 2 rings (SSSR count). The van der Waals surface area contributed by atoms with Crippen LogP contribution in [-0.4, -0.2) is 22.7 Å². The van der Waals surface area contributed by atoms with Crippen LogP contribution in [0.2, 0.25) is 0 Å². The van der Waals surface area contributed by atoms with Gasteiger partial charge in [-0.25, -0.2) is 0 Å². The Kier molecular flexibility index (Phi) is 9.98. The Hall–Kier alpha value is -3.09. The molecule has 0 saturated carbocycles. The van der Waals surface area contributed by atoms with Crippen molar-refractivity contribution in [3.63, 3.8) is 0 Å². The summed E-state index contributed by atoms with van der Waals surface area (Å²) in [6, 6.07) is 4.50. The summed E-state index contributed by atoms with van der Waals surface area (Å²) >= 11 is 0. The summed E-state index contributed by atoms with van der Waals surface area (Å²) in [5.74, 6) is 0.415. The number of benzene rings is 1. The molecule has 0 atom stereocenters. The van der Waals surface area contributed by atoms with Gasteiger partial charge in [-0.05, 0) is 32.4 Å². The van der Waals surface area contributed by atoms with Gasteiger partial charge in [0.15, 0.2) is 5.75 Å². The smallest absolute Gasteiger partial charge is 0.297 e. The number of pyridine rings is 1. The molecule has 2 aromatic rings. The van der Waals surface area contributed by atoms with Crippen molar-refractivity contribution in [3.8, 4) is 11.5 Å². The predicted octanol–water partition coefficient (Wildman–Crippen LogP) is 6.18. The minimum Gasteiger partial charge on any atom is -0.485 e. The zero-order chi connectivity index (χ0) is 23.5. The van der Waals surface area contributed by atoms with Crippen molar-refractivity contribution < 1.29 is 14.4 Å². The quantitative estimate of drug-likeness (QED) is 0.151. The Morgan fingerprint density at radius 3 is 2.44 bits per heavy atom. The maximum absolute atomic E-state index is 13.4. The second-order valence-corrected chi connectivity index (χ2v) is 8.03. The van der Waals surface area contributed by atoms with Crippen LogP contribution in [0.5, 0.6) is 11.5 Å². The largest absolute Gasteiger partial charge is 0.485 e. The number of hydrogen-bond acceptors (Lipinski definition) is 5. The lowest BCUT2D eigenvalue weighted by atomic mass is 10.1. The van der Waals surface area contributed by atoms with Crippen LogP contribution in [0.1, 0.15) is 59.3 Å². The maximum Gasteiger partial charge on any atom is 0.297 e. The number of fused-ring (bicyclic) bond motifs is 1. The van der Waals surface area contributed by atoms with Crippen LogP contribution in [0.3, 0.4) is 0 Å². The Bertz CT molecular complexity index is 1020. The Morgan fingerprint density at radius 2 is 1.78 bits per heavy atom. The van der Waals surface area contributed by atoms with Gasteiger partial charge in [0.2, 0.25) is 5.75 Å². The summed E-state index contributed by atoms with van der Waals surface area (Å²) in [6.45, 7) is 10.6. The van der Waals surface area contributed by atoms with E-state index < -0.39 is 4.92 Å². The first kappa shape index (κ1) is 25.2. The third kappa shape index (κ3) is 6.70. The van der Waals surface area contributed by atoms with Crippen molar-refractivity contribution >= 4 is 16.6 Å². The molecule has 0 N–H and O–H groups in total. The molecule has 0 spiro atoms. The van der Waals surface area contributed by atoms with E-state index in [2.05, 4.69) is 13.5 Å². The SMILES string of the molecule is C=CCOc1c(OCC=C(C)C)c2ccc([N+](=O)[O-])cc2n(CCCCCCCC)c1=O. The van der Waals surface area contributed by atoms with Crippen LogP contribution in [0.4, 0.5) is 5.69 Å². The van der Waals surface area contributed by atoms with Crippen LogP contribution in [0.15, 0.2) is 47.3 Å². The molecule has 0 bridgehead atoms. The van der Waals surface area contributed by atoms with Crippen LogP contribution in [-0.2, 0) is 6.54 Å². The molecule has 174 valence electrons. The molecule has 1 aromatic heterocycles. The van der Waals surface area contributed by atoms with E-state index in [-0.39, 0.29) is 30.2 Å². The van der Waals surface area contributed by atoms with Crippen molar-refractivity contribution in [1.29, 1.82) is 0 Å². The number of ether oxygens (including phenoxy) is 2. The van der Waals surface area contributed by atoms with E-state index in [1.54, 1.807) is 16.7 Å². The average Bonchev–Trinajstić information content (AvgIpc) is 2.76. The van der Waals surface area contributed by atoms with Gasteiger partial charge in [0.25, 0.3) is 11.2 Å². The Balaban J connectivity index is 2.55. The molecule has 0 amide bonds. The van der Waals surface area contributed by atoms with Crippen LogP contribution in [0.25, 0.3) is 10.9 Å². The first-order valence-corrected chi connectivity index (χ1v) is 11.3. The molecule has 7 heteroatoms. The van der Waals surface area contributed by atoms with E-state index >= 15 is 0 Å².